The molecule has 1 atom stereocenters. The molecule has 0 aliphatic carbocycles. The average molecular weight is 370 g/mol. The second-order valence-electron chi connectivity index (χ2n) is 6.63. The van der Waals surface area contributed by atoms with E-state index in [9.17, 15) is 9.90 Å². The van der Waals surface area contributed by atoms with Crippen molar-refractivity contribution in [3.8, 4) is 5.75 Å². The minimum absolute atomic E-state index is 0.0545. The monoisotopic (exact) mass is 369 g/mol. The zero-order chi connectivity index (χ0) is 20.2. The number of carbonyl (C=O) groups is 1. The van der Waals surface area contributed by atoms with Gasteiger partial charge in [-0.25, -0.2) is 0 Å². The number of nitrogens with zero attached hydrogens (tertiary/aromatic N) is 2. The molecule has 2 N–H and O–H groups in total. The summed E-state index contributed by atoms with van der Waals surface area (Å²) in [7, 11) is 0. The second-order valence-corrected chi connectivity index (χ2v) is 6.63. The molecule has 0 amide bonds. The van der Waals surface area contributed by atoms with Crippen molar-refractivity contribution >= 4 is 11.5 Å². The lowest BCUT2D eigenvalue weighted by atomic mass is 9.98. The van der Waals surface area contributed by atoms with Gasteiger partial charge >= 0.3 is 0 Å². The Morgan fingerprint density at radius 3 is 2.70 bits per heavy atom. The molecule has 0 spiro atoms. The molecule has 0 aromatic heterocycles. The number of ketones is 1. The molecule has 0 aliphatic rings. The van der Waals surface area contributed by atoms with E-state index in [0.29, 0.717) is 24.2 Å². The fraction of sp³-hybridized carbons (Fsp3) is 0.409. The first-order valence-electron chi connectivity index (χ1n) is 9.39. The van der Waals surface area contributed by atoms with Crippen LogP contribution in [-0.4, -0.2) is 23.0 Å². The van der Waals surface area contributed by atoms with Crippen LogP contribution < -0.4 is 5.32 Å². The summed E-state index contributed by atoms with van der Waals surface area (Å²) in [4.78, 5) is 12.4. The number of azo groups is 1. The highest BCUT2D eigenvalue weighted by Gasteiger charge is 2.19. The van der Waals surface area contributed by atoms with Crippen LogP contribution in [-0.2, 0) is 11.2 Å². The number of aromatic hydroxyl groups is 1. The molecule has 5 heteroatoms. The fourth-order valence-corrected chi connectivity index (χ4v) is 2.57. The van der Waals surface area contributed by atoms with Crippen molar-refractivity contribution in [1.82, 2.24) is 5.32 Å². The van der Waals surface area contributed by atoms with Crippen molar-refractivity contribution < 1.29 is 9.90 Å². The van der Waals surface area contributed by atoms with Gasteiger partial charge < -0.3 is 10.4 Å². The SMILES string of the molecule is C=C/C=C\C(=C/C)N=Nc1cc(CC(NC(C)C)C(=O)CCC)ccc1O. The summed E-state index contributed by atoms with van der Waals surface area (Å²) in [5.74, 6) is 0.257. The molecular formula is C22H31N3O2. The van der Waals surface area contributed by atoms with Crippen LogP contribution in [0.5, 0.6) is 5.75 Å². The van der Waals surface area contributed by atoms with Crippen LogP contribution in [0, 0.1) is 0 Å². The predicted molar refractivity (Wildman–Crippen MR) is 111 cm³/mol. The molecule has 1 rings (SSSR count). The first kappa shape index (κ1) is 22.5. The number of phenolic OH excluding ortho intramolecular Hbond substituents is 1. The van der Waals surface area contributed by atoms with Gasteiger partial charge in [0.05, 0.1) is 11.7 Å². The number of benzene rings is 1. The van der Waals surface area contributed by atoms with Crippen LogP contribution in [0.2, 0.25) is 0 Å². The molecule has 0 saturated carbocycles. The van der Waals surface area contributed by atoms with Gasteiger partial charge in [-0.1, -0.05) is 51.6 Å². The number of hydrogen-bond donors (Lipinski definition) is 2. The van der Waals surface area contributed by atoms with Crippen molar-refractivity contribution in [3.05, 3.63) is 60.3 Å². The van der Waals surface area contributed by atoms with E-state index in [-0.39, 0.29) is 23.6 Å². The van der Waals surface area contributed by atoms with Gasteiger partial charge in [0, 0.05) is 12.5 Å². The number of phenols is 1. The van der Waals surface area contributed by atoms with Crippen LogP contribution in [0.15, 0.2) is 65.0 Å². The summed E-state index contributed by atoms with van der Waals surface area (Å²) in [5, 5.41) is 21.7. The minimum Gasteiger partial charge on any atom is -0.506 e. The quantitative estimate of drug-likeness (QED) is 0.405. The zero-order valence-corrected chi connectivity index (χ0v) is 16.8. The van der Waals surface area contributed by atoms with Crippen molar-refractivity contribution in [2.24, 2.45) is 10.2 Å². The third-order valence-corrected chi connectivity index (χ3v) is 3.87. The van der Waals surface area contributed by atoms with E-state index >= 15 is 0 Å². The van der Waals surface area contributed by atoms with Crippen LogP contribution in [0.4, 0.5) is 5.69 Å². The number of rotatable bonds is 11. The standard InChI is InChI=1S/C22H31N3O2/c1-6-9-11-18(8-3)24-25-20-15-17(12-13-22(20)27)14-19(23-16(4)5)21(26)10-7-2/h6,8-9,11-13,15-16,19,23,27H,1,7,10,14H2,2-5H3/b11-9-,18-8+,25-24?. The molecule has 0 bridgehead atoms. The molecular weight excluding hydrogens is 338 g/mol. The third-order valence-electron chi connectivity index (χ3n) is 3.87. The van der Waals surface area contributed by atoms with E-state index in [1.54, 1.807) is 30.4 Å². The van der Waals surface area contributed by atoms with E-state index in [1.165, 1.54) is 0 Å². The third kappa shape index (κ3) is 8.13. The smallest absolute Gasteiger partial charge is 0.150 e. The van der Waals surface area contributed by atoms with E-state index in [1.807, 2.05) is 39.8 Å². The van der Waals surface area contributed by atoms with Crippen LogP contribution in [0.3, 0.4) is 0 Å². The highest BCUT2D eigenvalue weighted by atomic mass is 16.3. The van der Waals surface area contributed by atoms with Gasteiger partial charge in [0.25, 0.3) is 0 Å². The lowest BCUT2D eigenvalue weighted by molar-refractivity contribution is -0.121. The number of hydrogen-bond acceptors (Lipinski definition) is 5. The summed E-state index contributed by atoms with van der Waals surface area (Å²) < 4.78 is 0. The molecule has 0 aliphatic heterocycles. The maximum absolute atomic E-state index is 12.4. The second kappa shape index (κ2) is 12.0. The molecule has 146 valence electrons. The first-order chi connectivity index (χ1) is 12.9. The Bertz CT molecular complexity index is 718. The van der Waals surface area contributed by atoms with Crippen LogP contribution in [0.1, 0.15) is 46.1 Å². The predicted octanol–water partition coefficient (Wildman–Crippen LogP) is 5.40. The molecule has 1 aromatic rings. The highest BCUT2D eigenvalue weighted by Crippen LogP contribution is 2.29. The van der Waals surface area contributed by atoms with Gasteiger partial charge in [-0.3, -0.25) is 4.79 Å². The van der Waals surface area contributed by atoms with Crippen LogP contribution >= 0.6 is 0 Å². The van der Waals surface area contributed by atoms with Crippen molar-refractivity contribution in [2.45, 2.75) is 59.0 Å². The Balaban J connectivity index is 3.03. The molecule has 0 fully saturated rings. The summed E-state index contributed by atoms with van der Waals surface area (Å²) in [5.41, 5.74) is 1.97. The topological polar surface area (TPSA) is 74.0 Å². The van der Waals surface area contributed by atoms with Gasteiger partial charge in [0.2, 0.25) is 0 Å². The number of nitrogens with one attached hydrogen (secondary N) is 1. The average Bonchev–Trinajstić information content (AvgIpc) is 2.63. The summed E-state index contributed by atoms with van der Waals surface area (Å²) in [6, 6.07) is 5.14. The number of carbonyl (C=O) groups excluding carboxylic acids is 1. The molecule has 0 radical (unpaired) electrons. The maximum Gasteiger partial charge on any atom is 0.150 e. The van der Waals surface area contributed by atoms with Gasteiger partial charge in [0.1, 0.15) is 17.2 Å². The molecule has 1 aromatic carbocycles. The molecule has 5 nitrogen and oxygen atoms in total. The fourth-order valence-electron chi connectivity index (χ4n) is 2.57. The van der Waals surface area contributed by atoms with Gasteiger partial charge in [-0.05, 0) is 43.5 Å². The lowest BCUT2D eigenvalue weighted by Gasteiger charge is -2.20. The van der Waals surface area contributed by atoms with Gasteiger partial charge in [-0.2, -0.15) is 5.11 Å². The Kier molecular flexibility index (Phi) is 9.98. The molecule has 27 heavy (non-hydrogen) atoms. The van der Waals surface area contributed by atoms with E-state index < -0.39 is 0 Å². The van der Waals surface area contributed by atoms with Gasteiger partial charge in [-0.15, -0.1) is 5.11 Å². The summed E-state index contributed by atoms with van der Waals surface area (Å²) in [6.07, 6.45) is 8.95. The lowest BCUT2D eigenvalue weighted by Crippen LogP contribution is -2.42. The van der Waals surface area contributed by atoms with Gasteiger partial charge in [0.15, 0.2) is 0 Å². The molecule has 0 heterocycles. The molecule has 1 unspecified atom stereocenters. The minimum atomic E-state index is -0.249. The van der Waals surface area contributed by atoms with Crippen molar-refractivity contribution in [1.29, 1.82) is 0 Å². The van der Waals surface area contributed by atoms with E-state index in [2.05, 4.69) is 22.1 Å². The highest BCUT2D eigenvalue weighted by molar-refractivity contribution is 5.84. The Morgan fingerprint density at radius 1 is 1.37 bits per heavy atom. The van der Waals surface area contributed by atoms with Crippen LogP contribution in [0.25, 0.3) is 0 Å². The van der Waals surface area contributed by atoms with E-state index in [4.69, 9.17) is 0 Å². The molecule has 0 saturated heterocycles. The Labute approximate surface area is 162 Å². The summed E-state index contributed by atoms with van der Waals surface area (Å²) in [6.45, 7) is 11.5. The van der Waals surface area contributed by atoms with Crippen molar-refractivity contribution in [2.75, 3.05) is 0 Å². The number of Topliss-reactive ketones (excluding diaryl/α,β-unsaturated/α-hetero) is 1. The van der Waals surface area contributed by atoms with Crippen molar-refractivity contribution in [3.63, 3.8) is 0 Å². The van der Waals surface area contributed by atoms with E-state index in [0.717, 1.165) is 12.0 Å². The normalized spacial score (nSPS) is 13.6. The Morgan fingerprint density at radius 2 is 2.11 bits per heavy atom. The largest absolute Gasteiger partial charge is 0.506 e. The number of allylic oxidation sites excluding steroid dienone is 4. The Hall–Kier alpha value is -2.53. The first-order valence-corrected chi connectivity index (χ1v) is 9.39. The maximum atomic E-state index is 12.4. The summed E-state index contributed by atoms with van der Waals surface area (Å²) >= 11 is 0. The zero-order valence-electron chi connectivity index (χ0n) is 16.8.